The number of hydrogen-bond donors (Lipinski definition) is 16. The van der Waals surface area contributed by atoms with Gasteiger partial charge in [0.05, 0.1) is 48.8 Å². The number of carbonyl (C=O) groups is 3. The molecule has 48 nitrogen and oxygen atoms in total. The molecule has 16 bridgehead atoms. The summed E-state index contributed by atoms with van der Waals surface area (Å²) >= 11 is 8.57. The predicted octanol–water partition coefficient (Wildman–Crippen LogP) is -36.8. The zero-order valence-corrected chi connectivity index (χ0v) is 98.1. The quantitative estimate of drug-likeness (QED) is 0.0180. The van der Waals surface area contributed by atoms with E-state index < -0.39 is 283 Å². The zero-order chi connectivity index (χ0) is 95.8. The van der Waals surface area contributed by atoms with Gasteiger partial charge >= 0.3 is 267 Å². The van der Waals surface area contributed by atoms with Crippen LogP contribution < -0.4 is 252 Å². The molecule has 30 fully saturated rings. The fourth-order valence-corrected chi connectivity index (χ4v) is 20.1. The average Bonchev–Trinajstić information content (AvgIpc) is 0.771. The monoisotopic (exact) mass is 2180 g/mol. The molecule has 30 rings (SSSR count). The van der Waals surface area contributed by atoms with Crippen molar-refractivity contribution in [3.8, 4) is 0 Å². The van der Waals surface area contributed by atoms with Crippen LogP contribution >= 0.6 is 94.1 Å². The number of hydrogen-bond acceptors (Lipinski definition) is 56. The van der Waals surface area contributed by atoms with Gasteiger partial charge in [0, 0.05) is 63.9 Å². The van der Waals surface area contributed by atoms with Crippen molar-refractivity contribution in [1.29, 1.82) is 0 Å². The van der Waals surface area contributed by atoms with Gasteiger partial charge in [-0.2, -0.15) is 142 Å². The van der Waals surface area contributed by atoms with Crippen molar-refractivity contribution in [3.05, 3.63) is 34.6 Å². The van der Waals surface area contributed by atoms with Crippen molar-refractivity contribution < 1.29 is 472 Å². The summed E-state index contributed by atoms with van der Waals surface area (Å²) in [5.41, 5.74) is 0. The van der Waals surface area contributed by atoms with Crippen LogP contribution in [0.4, 0.5) is 0 Å². The van der Waals surface area contributed by atoms with E-state index in [0.29, 0.717) is 0 Å². The Morgan fingerprint density at radius 2 is 0.309 bits per heavy atom. The molecular formula is C72H104Na8O48S8. The van der Waals surface area contributed by atoms with Crippen molar-refractivity contribution in [2.24, 2.45) is 0 Å². The molecule has 16 N–H and O–H groups in total. The number of aliphatic hydroxyl groups excluding tert-OH is 16. The minimum atomic E-state index is -2.24. The van der Waals surface area contributed by atoms with Gasteiger partial charge < -0.3 is 222 Å². The number of carboxylic acid groups (broad SMARTS) is 3. The van der Waals surface area contributed by atoms with E-state index in [4.69, 9.17) is 124 Å². The van der Waals surface area contributed by atoms with Crippen LogP contribution in [0.1, 0.15) is 19.3 Å². The van der Waals surface area contributed by atoms with Crippen LogP contribution in [0.25, 0.3) is 0 Å². The second-order valence-corrected chi connectivity index (χ2v) is 37.1. The maximum Gasteiger partial charge on any atom is 1.00 e. The molecule has 0 amide bonds. The molecule has 0 spiro atoms. The molecule has 736 valence electrons. The second-order valence-electron chi connectivity index (χ2n) is 27.9. The Morgan fingerprint density at radius 3 is 0.404 bits per heavy atom. The van der Waals surface area contributed by atoms with Crippen molar-refractivity contribution in [2.75, 3.05) is 92.0 Å². The van der Waals surface area contributed by atoms with E-state index >= 15 is 0 Å². The topological polar surface area (TPSA) is 762 Å². The Hall–Kier alpha value is 4.83. The SMILES string of the molecule is O=C=O.O=C=O.O=C=O.O=C=O.O=C=O.[CH2-]CSCC1OC2OC3C(CSC[CH2-])OC(OC4C(CSC[CH2-])OC(OC5C(CSCCC(=O)[O-])OC(OC6C(CSCCC(=O)[O-])OC(OC7C(CSCCC(=O)[O-])OC(OC8C(CSC[CH2-])OC(OC9C(CSC[CH2-])OC(OC1C(O)C2O)C(O)C9O)C(O)C8O)C(O)C7O)C(O)C6O)C(O)C5O)C(O)C4O)C(O)C3O.[Na+].[Na+].[Na+].[Na+].[Na+].[Na+].[Na+].[Na+]. The Bertz CT molecular complexity index is 3300. The summed E-state index contributed by atoms with van der Waals surface area (Å²) in [6.45, 7) is 19.3. The number of aliphatic hydroxyl groups is 16. The first-order valence-electron chi connectivity index (χ1n) is 38.6. The number of carbonyl (C=O) groups excluding carboxylic acids is 13. The van der Waals surface area contributed by atoms with E-state index in [2.05, 4.69) is 34.6 Å². The standard InChI is InChI=1S/C67H107O38S8.5CO2.8Na/c1-6-106-17-25-52-36(74)44(82)60(90-25)99-53-26(18-107-7-2)92-62(46(84)38(53)76)101-55-28(20-109-9-4)94-64(48(86)40(55)78)103-57-30(22-111-14-11-33(68)69)96-66(50(88)42(57)80)105-59-32(24-113-16-13-35(72)73)97-67(51(89)43(59)81)104-58-31(23-112-15-12-34(70)71)95-65(49(87)41(58)79)102-56-29(21-110-10-5)93-63(47(85)39(56)77)100-54-27(19-108-8-3)91-61(98-52)45(83)37(54)75;5*2-1-3;;;;;;;;/h25-32,36-67,74-89H,1-24H2,(H,68,69)(H,70,71)(H,72,73);;;;;;;;;;;;;/q-5;;;;;;8*+1/p-3. The molecule has 0 aromatic carbocycles. The van der Waals surface area contributed by atoms with Gasteiger partial charge in [0.1, 0.15) is 146 Å². The predicted molar refractivity (Wildman–Crippen MR) is 424 cm³/mol. The van der Waals surface area contributed by atoms with Crippen molar-refractivity contribution in [1.82, 2.24) is 0 Å². The van der Waals surface area contributed by atoms with E-state index in [9.17, 15) is 111 Å². The summed E-state index contributed by atoms with van der Waals surface area (Å²) < 4.78 is 101. The van der Waals surface area contributed by atoms with Gasteiger partial charge in [-0.3, -0.25) is 0 Å². The maximum absolute atomic E-state index is 12.2. The molecule has 30 aliphatic heterocycles. The van der Waals surface area contributed by atoms with E-state index in [0.717, 1.165) is 58.8 Å². The largest absolute Gasteiger partial charge is 1.00 e. The third-order valence-electron chi connectivity index (χ3n) is 19.8. The summed E-state index contributed by atoms with van der Waals surface area (Å²) in [6.07, 6.45) is -74.4. The molecule has 0 saturated carbocycles. The molecule has 30 heterocycles. The molecule has 136 heavy (non-hydrogen) atoms. The van der Waals surface area contributed by atoms with Gasteiger partial charge in [0.15, 0.2) is 50.3 Å². The first-order chi connectivity index (χ1) is 61.0. The Kier molecular flexibility index (Phi) is 89.5. The van der Waals surface area contributed by atoms with Crippen LogP contribution in [0.3, 0.4) is 0 Å². The van der Waals surface area contributed by atoms with Crippen molar-refractivity contribution >= 4 is 143 Å². The maximum atomic E-state index is 12.2. The number of ether oxygens (including phenoxy) is 16. The van der Waals surface area contributed by atoms with Gasteiger partial charge in [-0.25, -0.2) is 0 Å². The van der Waals surface area contributed by atoms with E-state index in [1.54, 1.807) is 0 Å². The van der Waals surface area contributed by atoms with Crippen molar-refractivity contribution in [2.45, 2.75) is 265 Å². The first-order valence-corrected chi connectivity index (χ1v) is 47.8. The minimum Gasteiger partial charge on any atom is -0.550 e. The summed E-state index contributed by atoms with van der Waals surface area (Å²) in [5.74, 6) is -5.06. The number of aliphatic carboxylic acids is 3. The van der Waals surface area contributed by atoms with Crippen molar-refractivity contribution in [3.63, 3.8) is 0 Å². The van der Waals surface area contributed by atoms with Gasteiger partial charge in [-0.1, -0.05) is 0 Å². The fourth-order valence-electron chi connectivity index (χ4n) is 13.9. The molecule has 30 saturated heterocycles. The molecule has 0 aromatic heterocycles. The van der Waals surface area contributed by atoms with Gasteiger partial charge in [0.2, 0.25) is 0 Å². The van der Waals surface area contributed by atoms with Crippen LogP contribution in [-0.4, -0.2) is 468 Å². The Balaban J connectivity index is -0.00000233. The number of carboxylic acids is 3. The van der Waals surface area contributed by atoms with Crippen LogP contribution in [0.2, 0.25) is 0 Å². The van der Waals surface area contributed by atoms with E-state index in [-0.39, 0.29) is 359 Å². The molecule has 40 unspecified atom stereocenters. The summed E-state index contributed by atoms with van der Waals surface area (Å²) in [6, 6.07) is 0. The molecular weight excluding hydrogens is 2070 g/mol. The summed E-state index contributed by atoms with van der Waals surface area (Å²) in [5, 5.41) is 228. The van der Waals surface area contributed by atoms with Gasteiger partial charge in [-0.05, 0) is 36.5 Å². The molecule has 64 heteroatoms. The van der Waals surface area contributed by atoms with Crippen LogP contribution in [0.5, 0.6) is 0 Å². The zero-order valence-electron chi connectivity index (χ0n) is 75.5. The first kappa shape index (κ1) is 149. The summed E-state index contributed by atoms with van der Waals surface area (Å²) in [7, 11) is 0. The number of thioether (sulfide) groups is 8. The Morgan fingerprint density at radius 1 is 0.206 bits per heavy atom. The molecule has 0 aliphatic carbocycles. The summed E-state index contributed by atoms with van der Waals surface area (Å²) in [4.78, 5) is 116. The number of rotatable bonds is 30. The molecule has 30 aliphatic rings. The normalized spacial score (nSPS) is 38.2. The average molecular weight is 2180 g/mol. The second kappa shape index (κ2) is 81.5. The van der Waals surface area contributed by atoms with Crippen LogP contribution in [0, 0.1) is 34.6 Å². The van der Waals surface area contributed by atoms with Gasteiger partial charge in [-0.15, -0.1) is 28.8 Å². The van der Waals surface area contributed by atoms with E-state index in [1.807, 2.05) is 0 Å². The third kappa shape index (κ3) is 46.6. The van der Waals surface area contributed by atoms with E-state index in [1.165, 1.54) is 35.3 Å². The molecule has 0 radical (unpaired) electrons. The fraction of sp³-hybridized carbons (Fsp3) is 0.819. The molecule has 0 aromatic rings. The minimum absolute atomic E-state index is 0. The third-order valence-corrected chi connectivity index (χ3v) is 27.2. The van der Waals surface area contributed by atoms with Crippen LogP contribution in [-0.2, 0) is 138 Å². The van der Waals surface area contributed by atoms with Gasteiger partial charge in [0.25, 0.3) is 0 Å². The van der Waals surface area contributed by atoms with Crippen LogP contribution in [0.15, 0.2) is 0 Å². The molecule has 40 atom stereocenters. The smallest absolute Gasteiger partial charge is 0.550 e. The Labute approximate surface area is 992 Å².